The molecular formula is C12H16ClN5O. The highest BCUT2D eigenvalue weighted by atomic mass is 35.5. The highest BCUT2D eigenvalue weighted by molar-refractivity contribution is 6.33. The first kappa shape index (κ1) is 13.6. The van der Waals surface area contributed by atoms with Gasteiger partial charge in [0.25, 0.3) is 5.91 Å². The molecule has 0 aliphatic carbocycles. The predicted molar refractivity (Wildman–Crippen MR) is 72.1 cm³/mol. The number of aromatic amines is 1. The minimum absolute atomic E-state index is 0.146. The number of aromatic nitrogens is 4. The van der Waals surface area contributed by atoms with Crippen LogP contribution in [0.3, 0.4) is 0 Å². The Balaban J connectivity index is 2.13. The van der Waals surface area contributed by atoms with Gasteiger partial charge in [-0.25, -0.2) is 0 Å². The van der Waals surface area contributed by atoms with Crippen molar-refractivity contribution < 1.29 is 4.79 Å². The molecule has 1 atom stereocenters. The van der Waals surface area contributed by atoms with E-state index in [-0.39, 0.29) is 17.6 Å². The third-order valence-corrected chi connectivity index (χ3v) is 3.36. The minimum atomic E-state index is -0.279. The molecule has 0 bridgehead atoms. The molecule has 102 valence electrons. The number of halogens is 1. The number of nitrogens with one attached hydrogen (secondary N) is 2. The van der Waals surface area contributed by atoms with Gasteiger partial charge >= 0.3 is 0 Å². The van der Waals surface area contributed by atoms with Gasteiger partial charge in [-0.2, -0.15) is 10.2 Å². The lowest BCUT2D eigenvalue weighted by Gasteiger charge is -2.13. The monoisotopic (exact) mass is 281 g/mol. The molecule has 0 aliphatic rings. The highest BCUT2D eigenvalue weighted by Crippen LogP contribution is 2.18. The Kier molecular flexibility index (Phi) is 3.90. The molecule has 6 nitrogen and oxygen atoms in total. The summed E-state index contributed by atoms with van der Waals surface area (Å²) in [7, 11) is 0. The second kappa shape index (κ2) is 5.44. The average molecular weight is 282 g/mol. The van der Waals surface area contributed by atoms with E-state index in [0.717, 1.165) is 17.8 Å². The van der Waals surface area contributed by atoms with Gasteiger partial charge in [0, 0.05) is 17.8 Å². The molecule has 2 rings (SSSR count). The maximum atomic E-state index is 12.0. The van der Waals surface area contributed by atoms with Gasteiger partial charge < -0.3 is 5.32 Å². The van der Waals surface area contributed by atoms with Gasteiger partial charge in [0.15, 0.2) is 0 Å². The van der Waals surface area contributed by atoms with Gasteiger partial charge in [0.1, 0.15) is 5.69 Å². The molecule has 2 aromatic rings. The Morgan fingerprint density at radius 1 is 1.58 bits per heavy atom. The summed E-state index contributed by atoms with van der Waals surface area (Å²) in [5.74, 6) is -0.279. The second-order valence-electron chi connectivity index (χ2n) is 4.29. The summed E-state index contributed by atoms with van der Waals surface area (Å²) < 4.78 is 1.89. The molecular weight excluding hydrogens is 266 g/mol. The fourth-order valence-corrected chi connectivity index (χ4v) is 2.16. The maximum Gasteiger partial charge on any atom is 0.271 e. The van der Waals surface area contributed by atoms with Crippen molar-refractivity contribution >= 4 is 17.5 Å². The van der Waals surface area contributed by atoms with Crippen molar-refractivity contribution in [3.8, 4) is 0 Å². The van der Waals surface area contributed by atoms with Crippen LogP contribution >= 0.6 is 11.6 Å². The Bertz CT molecular complexity index is 589. The zero-order chi connectivity index (χ0) is 14.0. The van der Waals surface area contributed by atoms with Crippen LogP contribution in [-0.2, 0) is 6.54 Å². The zero-order valence-corrected chi connectivity index (χ0v) is 11.8. The van der Waals surface area contributed by atoms with Gasteiger partial charge in [-0.3, -0.25) is 14.6 Å². The average Bonchev–Trinajstić information content (AvgIpc) is 2.95. The topological polar surface area (TPSA) is 75.6 Å². The first-order chi connectivity index (χ1) is 9.04. The molecule has 0 spiro atoms. The number of hydrogen-bond donors (Lipinski definition) is 2. The smallest absolute Gasteiger partial charge is 0.271 e. The van der Waals surface area contributed by atoms with Crippen molar-refractivity contribution in [1.82, 2.24) is 25.3 Å². The highest BCUT2D eigenvalue weighted by Gasteiger charge is 2.18. The summed E-state index contributed by atoms with van der Waals surface area (Å²) >= 11 is 5.85. The first-order valence-corrected chi connectivity index (χ1v) is 6.44. The summed E-state index contributed by atoms with van der Waals surface area (Å²) in [5.41, 5.74) is 2.31. The molecule has 2 aromatic heterocycles. The number of rotatable bonds is 4. The maximum absolute atomic E-state index is 12.0. The van der Waals surface area contributed by atoms with Gasteiger partial charge in [0.05, 0.1) is 23.5 Å². The number of carbonyl (C=O) groups excluding carboxylic acids is 1. The third kappa shape index (κ3) is 2.63. The van der Waals surface area contributed by atoms with Crippen molar-refractivity contribution in [3.05, 3.63) is 34.4 Å². The summed E-state index contributed by atoms with van der Waals surface area (Å²) in [4.78, 5) is 12.0. The van der Waals surface area contributed by atoms with E-state index in [2.05, 4.69) is 20.6 Å². The van der Waals surface area contributed by atoms with E-state index in [0.29, 0.717) is 5.02 Å². The van der Waals surface area contributed by atoms with Crippen molar-refractivity contribution in [2.45, 2.75) is 33.4 Å². The molecule has 19 heavy (non-hydrogen) atoms. The molecule has 0 fully saturated rings. The molecule has 0 radical (unpaired) electrons. The Morgan fingerprint density at radius 2 is 2.32 bits per heavy atom. The van der Waals surface area contributed by atoms with E-state index in [4.69, 9.17) is 11.6 Å². The van der Waals surface area contributed by atoms with Gasteiger partial charge in [-0.15, -0.1) is 0 Å². The largest absolute Gasteiger partial charge is 0.344 e. The third-order valence-electron chi connectivity index (χ3n) is 3.07. The summed E-state index contributed by atoms with van der Waals surface area (Å²) in [6, 6.07) is -0.146. The molecule has 2 heterocycles. The van der Waals surface area contributed by atoms with E-state index in [9.17, 15) is 4.79 Å². The molecule has 7 heteroatoms. The lowest BCUT2D eigenvalue weighted by atomic mass is 10.1. The fourth-order valence-electron chi connectivity index (χ4n) is 1.98. The summed E-state index contributed by atoms with van der Waals surface area (Å²) in [6.45, 7) is 6.72. The lowest BCUT2D eigenvalue weighted by Crippen LogP contribution is -2.27. The second-order valence-corrected chi connectivity index (χ2v) is 4.70. The Labute approximate surface area is 116 Å². The van der Waals surface area contributed by atoms with E-state index in [1.165, 1.54) is 6.20 Å². The Morgan fingerprint density at radius 3 is 2.84 bits per heavy atom. The zero-order valence-electron chi connectivity index (χ0n) is 11.1. The number of carbonyl (C=O) groups is 1. The molecule has 0 aliphatic heterocycles. The number of nitrogens with zero attached hydrogens (tertiary/aromatic N) is 3. The summed E-state index contributed by atoms with van der Waals surface area (Å²) in [6.07, 6.45) is 3.18. The van der Waals surface area contributed by atoms with E-state index >= 15 is 0 Å². The normalized spacial score (nSPS) is 12.4. The predicted octanol–water partition coefficient (Wildman–Crippen LogP) is 2.08. The van der Waals surface area contributed by atoms with Gasteiger partial charge in [-0.05, 0) is 20.8 Å². The molecule has 0 aromatic carbocycles. The number of H-pyrrole nitrogens is 1. The van der Waals surface area contributed by atoms with Crippen LogP contribution in [0.25, 0.3) is 0 Å². The molecule has 2 N–H and O–H groups in total. The van der Waals surface area contributed by atoms with Crippen molar-refractivity contribution in [3.63, 3.8) is 0 Å². The molecule has 0 saturated carbocycles. The standard InChI is InChI=1S/C12H16ClN5O/c1-4-18-8(3)9(5-15-18)7(2)16-12(19)11-10(13)6-14-17-11/h5-7H,4H2,1-3H3,(H,14,17)(H,16,19). The van der Waals surface area contributed by atoms with Crippen molar-refractivity contribution in [2.24, 2.45) is 0 Å². The number of hydrogen-bond acceptors (Lipinski definition) is 3. The Hall–Kier alpha value is -1.82. The fraction of sp³-hybridized carbons (Fsp3) is 0.417. The van der Waals surface area contributed by atoms with Crippen molar-refractivity contribution in [1.29, 1.82) is 0 Å². The quantitative estimate of drug-likeness (QED) is 0.901. The van der Waals surface area contributed by atoms with Crippen LogP contribution in [0.1, 0.15) is 41.6 Å². The van der Waals surface area contributed by atoms with Crippen molar-refractivity contribution in [2.75, 3.05) is 0 Å². The lowest BCUT2D eigenvalue weighted by molar-refractivity contribution is 0.0935. The molecule has 1 amide bonds. The van der Waals surface area contributed by atoms with Crippen LogP contribution in [0.2, 0.25) is 5.02 Å². The SMILES string of the molecule is CCn1ncc(C(C)NC(=O)c2[nH]ncc2Cl)c1C. The van der Waals surface area contributed by atoms with E-state index in [1.54, 1.807) is 6.20 Å². The first-order valence-electron chi connectivity index (χ1n) is 6.06. The number of aryl methyl sites for hydroxylation is 1. The molecule has 0 saturated heterocycles. The van der Waals surface area contributed by atoms with E-state index < -0.39 is 0 Å². The van der Waals surface area contributed by atoms with Crippen LogP contribution in [-0.4, -0.2) is 25.9 Å². The minimum Gasteiger partial charge on any atom is -0.344 e. The van der Waals surface area contributed by atoms with Crippen LogP contribution < -0.4 is 5.32 Å². The van der Waals surface area contributed by atoms with Crippen LogP contribution in [0.5, 0.6) is 0 Å². The molecule has 1 unspecified atom stereocenters. The van der Waals surface area contributed by atoms with Gasteiger partial charge in [-0.1, -0.05) is 11.6 Å². The van der Waals surface area contributed by atoms with Gasteiger partial charge in [0.2, 0.25) is 0 Å². The number of amides is 1. The van der Waals surface area contributed by atoms with Crippen LogP contribution in [0.4, 0.5) is 0 Å². The van der Waals surface area contributed by atoms with Crippen LogP contribution in [0, 0.1) is 6.92 Å². The summed E-state index contributed by atoms with van der Waals surface area (Å²) in [5, 5.41) is 13.7. The van der Waals surface area contributed by atoms with E-state index in [1.807, 2.05) is 25.5 Å². The van der Waals surface area contributed by atoms with Crippen LogP contribution in [0.15, 0.2) is 12.4 Å².